The Morgan fingerprint density at radius 2 is 1.96 bits per heavy atom. The topological polar surface area (TPSA) is 100 Å². The number of carbonyl (C=O) groups excluding carboxylic acids is 2. The molecule has 2 aliphatic rings. The summed E-state index contributed by atoms with van der Waals surface area (Å²) in [6, 6.07) is 3.61. The number of nitrogens with zero attached hydrogens (tertiary/aromatic N) is 5. The van der Waals surface area contributed by atoms with Crippen molar-refractivity contribution in [2.24, 2.45) is 5.92 Å². The molecule has 0 radical (unpaired) electrons. The van der Waals surface area contributed by atoms with E-state index in [0.717, 1.165) is 12.8 Å². The average molecular weight is 387 g/mol. The number of aliphatic hydroxyl groups is 1. The number of amides is 2. The molecule has 9 nitrogen and oxygen atoms in total. The number of piperidine rings is 1. The van der Waals surface area contributed by atoms with Gasteiger partial charge in [0.2, 0.25) is 0 Å². The van der Waals surface area contributed by atoms with Crippen molar-refractivity contribution in [1.82, 2.24) is 24.4 Å². The van der Waals surface area contributed by atoms with E-state index in [0.29, 0.717) is 43.3 Å². The molecule has 0 aromatic carbocycles. The number of likely N-dealkylation sites (tertiary alicyclic amines) is 1. The number of pyridine rings is 1. The SMILES string of the molecule is CC(C)C(O)c1nnc2ccc(C(=O)N3CCC(N4CCOC4=O)CC3)cn12. The molecule has 0 bridgehead atoms. The summed E-state index contributed by atoms with van der Waals surface area (Å²) < 4.78 is 6.70. The van der Waals surface area contributed by atoms with Gasteiger partial charge in [0, 0.05) is 25.3 Å². The van der Waals surface area contributed by atoms with Crippen LogP contribution in [0.3, 0.4) is 0 Å². The quantitative estimate of drug-likeness (QED) is 0.853. The highest BCUT2D eigenvalue weighted by Crippen LogP contribution is 2.23. The number of fused-ring (bicyclic) bond motifs is 1. The second kappa shape index (κ2) is 7.38. The van der Waals surface area contributed by atoms with Gasteiger partial charge in [-0.15, -0.1) is 10.2 Å². The van der Waals surface area contributed by atoms with E-state index in [1.165, 1.54) is 0 Å². The zero-order chi connectivity index (χ0) is 19.8. The number of aliphatic hydroxyl groups excluding tert-OH is 1. The van der Waals surface area contributed by atoms with Crippen molar-refractivity contribution < 1.29 is 19.4 Å². The number of ether oxygens (including phenoxy) is 1. The molecule has 2 fully saturated rings. The normalized spacial score (nSPS) is 19.5. The molecule has 0 saturated carbocycles. The van der Waals surface area contributed by atoms with E-state index < -0.39 is 6.10 Å². The van der Waals surface area contributed by atoms with Crippen LogP contribution in [-0.2, 0) is 4.74 Å². The second-order valence-corrected chi connectivity index (χ2v) is 7.72. The minimum absolute atomic E-state index is 0.0111. The molecule has 1 N–H and O–H groups in total. The molecule has 2 aliphatic heterocycles. The van der Waals surface area contributed by atoms with Crippen LogP contribution >= 0.6 is 0 Å². The molecule has 0 spiro atoms. The van der Waals surface area contributed by atoms with Gasteiger partial charge < -0.3 is 19.6 Å². The molecule has 4 rings (SSSR count). The highest BCUT2D eigenvalue weighted by molar-refractivity contribution is 5.94. The van der Waals surface area contributed by atoms with Crippen LogP contribution in [0.4, 0.5) is 4.79 Å². The number of rotatable bonds is 4. The number of hydrogen-bond acceptors (Lipinski definition) is 6. The van der Waals surface area contributed by atoms with Crippen LogP contribution in [-0.4, -0.2) is 73.8 Å². The lowest BCUT2D eigenvalue weighted by molar-refractivity contribution is 0.0657. The van der Waals surface area contributed by atoms with Crippen LogP contribution in [0.25, 0.3) is 5.65 Å². The monoisotopic (exact) mass is 387 g/mol. The summed E-state index contributed by atoms with van der Waals surface area (Å²) in [7, 11) is 0. The fourth-order valence-electron chi connectivity index (χ4n) is 3.84. The zero-order valence-corrected chi connectivity index (χ0v) is 16.1. The maximum Gasteiger partial charge on any atom is 0.410 e. The number of aromatic nitrogens is 3. The maximum atomic E-state index is 13.0. The zero-order valence-electron chi connectivity index (χ0n) is 16.1. The Kier molecular flexibility index (Phi) is 4.92. The van der Waals surface area contributed by atoms with Gasteiger partial charge in [-0.05, 0) is 30.9 Å². The smallest absolute Gasteiger partial charge is 0.410 e. The van der Waals surface area contributed by atoms with E-state index in [2.05, 4.69) is 10.2 Å². The summed E-state index contributed by atoms with van der Waals surface area (Å²) in [5, 5.41) is 18.5. The lowest BCUT2D eigenvalue weighted by atomic mass is 10.0. The molecule has 9 heteroatoms. The third-order valence-corrected chi connectivity index (χ3v) is 5.56. The van der Waals surface area contributed by atoms with E-state index in [4.69, 9.17) is 4.74 Å². The highest BCUT2D eigenvalue weighted by Gasteiger charge is 2.33. The summed E-state index contributed by atoms with van der Waals surface area (Å²) in [5.41, 5.74) is 1.13. The molecule has 1 unspecified atom stereocenters. The molecule has 2 saturated heterocycles. The van der Waals surface area contributed by atoms with Crippen LogP contribution in [0.2, 0.25) is 0 Å². The van der Waals surface area contributed by atoms with Gasteiger partial charge in [0.15, 0.2) is 11.5 Å². The van der Waals surface area contributed by atoms with Crippen LogP contribution in [0.1, 0.15) is 49.0 Å². The second-order valence-electron chi connectivity index (χ2n) is 7.72. The standard InChI is InChI=1S/C19H25N5O4/c1-12(2)16(25)17-21-20-15-4-3-13(11-24(15)17)18(26)22-7-5-14(6-8-22)23-9-10-28-19(23)27/h3-4,11-12,14,16,25H,5-10H2,1-2H3. The number of hydrogen-bond donors (Lipinski definition) is 1. The van der Waals surface area contributed by atoms with Gasteiger partial charge in [-0.1, -0.05) is 13.8 Å². The Morgan fingerprint density at radius 3 is 2.61 bits per heavy atom. The Bertz CT molecular complexity index is 888. The maximum absolute atomic E-state index is 13.0. The van der Waals surface area contributed by atoms with Crippen LogP contribution in [0.5, 0.6) is 0 Å². The third-order valence-electron chi connectivity index (χ3n) is 5.56. The van der Waals surface area contributed by atoms with E-state index in [1.54, 1.807) is 27.6 Å². The highest BCUT2D eigenvalue weighted by atomic mass is 16.6. The van der Waals surface area contributed by atoms with E-state index in [9.17, 15) is 14.7 Å². The molecule has 2 aromatic rings. The molecule has 2 aromatic heterocycles. The van der Waals surface area contributed by atoms with Crippen molar-refractivity contribution in [2.75, 3.05) is 26.2 Å². The molecule has 28 heavy (non-hydrogen) atoms. The molecule has 4 heterocycles. The average Bonchev–Trinajstić information content (AvgIpc) is 3.32. The Morgan fingerprint density at radius 1 is 1.21 bits per heavy atom. The largest absolute Gasteiger partial charge is 0.448 e. The molecule has 150 valence electrons. The van der Waals surface area contributed by atoms with Gasteiger partial charge in [-0.3, -0.25) is 9.20 Å². The molecular weight excluding hydrogens is 362 g/mol. The Hall–Kier alpha value is -2.68. The first-order valence-electron chi connectivity index (χ1n) is 9.71. The van der Waals surface area contributed by atoms with Crippen LogP contribution in [0, 0.1) is 5.92 Å². The lowest BCUT2D eigenvalue weighted by Crippen LogP contribution is -2.47. The third kappa shape index (κ3) is 3.30. The predicted octanol–water partition coefficient (Wildman–Crippen LogP) is 1.48. The number of carbonyl (C=O) groups is 2. The first-order valence-corrected chi connectivity index (χ1v) is 9.71. The van der Waals surface area contributed by atoms with Gasteiger partial charge >= 0.3 is 6.09 Å². The molecule has 1 atom stereocenters. The van der Waals surface area contributed by atoms with Gasteiger partial charge in [0.25, 0.3) is 5.91 Å². The van der Waals surface area contributed by atoms with Gasteiger partial charge in [0.05, 0.1) is 12.1 Å². The van der Waals surface area contributed by atoms with Crippen molar-refractivity contribution in [3.63, 3.8) is 0 Å². The molecular formula is C19H25N5O4. The summed E-state index contributed by atoms with van der Waals surface area (Å²) in [4.78, 5) is 28.3. The van der Waals surface area contributed by atoms with E-state index in [1.807, 2.05) is 18.7 Å². The minimum atomic E-state index is -0.753. The predicted molar refractivity (Wildman–Crippen MR) is 99.8 cm³/mol. The summed E-state index contributed by atoms with van der Waals surface area (Å²) in [5.74, 6) is 0.358. The van der Waals surface area contributed by atoms with Crippen LogP contribution < -0.4 is 0 Å². The summed E-state index contributed by atoms with van der Waals surface area (Å²) in [6.45, 7) is 6.07. The first kappa shape index (κ1) is 18.7. The van der Waals surface area contributed by atoms with Crippen molar-refractivity contribution in [1.29, 1.82) is 0 Å². The Labute approximate surface area is 162 Å². The van der Waals surface area contributed by atoms with Gasteiger partial charge in [-0.25, -0.2) is 4.79 Å². The van der Waals surface area contributed by atoms with Crippen molar-refractivity contribution >= 4 is 17.6 Å². The number of cyclic esters (lactones) is 1. The van der Waals surface area contributed by atoms with Crippen molar-refractivity contribution in [3.05, 3.63) is 29.7 Å². The molecule has 0 aliphatic carbocycles. The van der Waals surface area contributed by atoms with Gasteiger partial charge in [-0.2, -0.15) is 0 Å². The van der Waals surface area contributed by atoms with Crippen molar-refractivity contribution in [3.8, 4) is 0 Å². The summed E-state index contributed by atoms with van der Waals surface area (Å²) in [6.07, 6.45) is 2.18. The van der Waals surface area contributed by atoms with Crippen molar-refractivity contribution in [2.45, 2.75) is 38.8 Å². The van der Waals surface area contributed by atoms with Gasteiger partial charge in [0.1, 0.15) is 12.7 Å². The fourth-order valence-corrected chi connectivity index (χ4v) is 3.84. The summed E-state index contributed by atoms with van der Waals surface area (Å²) >= 11 is 0. The van der Waals surface area contributed by atoms with E-state index >= 15 is 0 Å². The Balaban J connectivity index is 1.48. The lowest BCUT2D eigenvalue weighted by Gasteiger charge is -2.35. The van der Waals surface area contributed by atoms with Crippen LogP contribution in [0.15, 0.2) is 18.3 Å². The first-order chi connectivity index (χ1) is 13.5. The van der Waals surface area contributed by atoms with E-state index in [-0.39, 0.29) is 24.0 Å². The fraction of sp³-hybridized carbons (Fsp3) is 0.579. The molecule has 2 amide bonds. The minimum Gasteiger partial charge on any atom is -0.448 e.